The van der Waals surface area contributed by atoms with Crippen LogP contribution in [0.3, 0.4) is 0 Å². The van der Waals surface area contributed by atoms with Crippen LogP contribution in [0.1, 0.15) is 59.6 Å². The molecule has 0 aliphatic heterocycles. The number of benzene rings is 1. The van der Waals surface area contributed by atoms with Gasteiger partial charge in [0.25, 0.3) is 0 Å². The fourth-order valence-corrected chi connectivity index (χ4v) is 2.77. The van der Waals surface area contributed by atoms with E-state index in [1.807, 2.05) is 6.92 Å². The molecule has 0 aromatic heterocycles. The van der Waals surface area contributed by atoms with Gasteiger partial charge in [-0.1, -0.05) is 53.7 Å². The molecule has 0 saturated carbocycles. The van der Waals surface area contributed by atoms with E-state index < -0.39 is 0 Å². The van der Waals surface area contributed by atoms with Crippen LogP contribution in [0.15, 0.2) is 46.1 Å². The molecule has 0 saturated heterocycles. The van der Waals surface area contributed by atoms with Crippen LogP contribution in [0.5, 0.6) is 0 Å². The fraction of sp³-hybridized carbons (Fsp3) is 0.455. The van der Waals surface area contributed by atoms with Crippen molar-refractivity contribution in [1.82, 2.24) is 0 Å². The first-order chi connectivity index (χ1) is 11.3. The predicted molar refractivity (Wildman–Crippen MR) is 106 cm³/mol. The van der Waals surface area contributed by atoms with E-state index in [1.165, 1.54) is 5.56 Å². The summed E-state index contributed by atoms with van der Waals surface area (Å²) in [4.78, 5) is 17.2. The van der Waals surface area contributed by atoms with Crippen LogP contribution < -0.4 is 5.73 Å². The van der Waals surface area contributed by atoms with Crippen LogP contribution in [-0.2, 0) is 10.2 Å². The molecule has 1 aromatic carbocycles. The number of allylic oxidation sites excluding steroid dienone is 3. The van der Waals surface area contributed by atoms with Crippen molar-refractivity contribution < 1.29 is 4.79 Å². The summed E-state index contributed by atoms with van der Waals surface area (Å²) in [6, 6.07) is 6.37. The summed E-state index contributed by atoms with van der Waals surface area (Å²) in [5, 5.41) is 0. The van der Waals surface area contributed by atoms with Crippen LogP contribution in [0.4, 0.5) is 5.69 Å². The molecule has 0 bridgehead atoms. The summed E-state index contributed by atoms with van der Waals surface area (Å²) >= 11 is 0. The zero-order valence-corrected chi connectivity index (χ0v) is 16.7. The van der Waals surface area contributed by atoms with Crippen molar-refractivity contribution >= 4 is 17.2 Å². The summed E-state index contributed by atoms with van der Waals surface area (Å²) < 4.78 is 0. The lowest BCUT2D eigenvalue weighted by molar-refractivity contribution is -0.111. The number of carbonyl (C=O) groups is 1. The Bertz CT molecular complexity index is 809. The average molecular weight is 338 g/mol. The molecule has 2 N–H and O–H groups in total. The topological polar surface area (TPSA) is 55.4 Å². The number of aryl methyl sites for hydroxylation is 1. The molecule has 3 nitrogen and oxygen atoms in total. The van der Waals surface area contributed by atoms with Crippen LogP contribution in [0.2, 0.25) is 0 Å². The highest BCUT2D eigenvalue weighted by atomic mass is 16.1. The molecule has 0 fully saturated rings. The van der Waals surface area contributed by atoms with Crippen molar-refractivity contribution in [2.24, 2.45) is 16.1 Å². The lowest BCUT2D eigenvalue weighted by atomic mass is 9.78. The third kappa shape index (κ3) is 3.92. The maximum atomic E-state index is 12.2. The van der Waals surface area contributed by atoms with Gasteiger partial charge in [-0.15, -0.1) is 0 Å². The maximum Gasteiger partial charge on any atom is 0.184 e. The second kappa shape index (κ2) is 6.29. The third-order valence-corrected chi connectivity index (χ3v) is 4.67. The Morgan fingerprint density at radius 2 is 1.56 bits per heavy atom. The highest BCUT2D eigenvalue weighted by Crippen LogP contribution is 2.35. The highest BCUT2D eigenvalue weighted by molar-refractivity contribution is 6.25. The zero-order chi connectivity index (χ0) is 19.2. The molecule has 1 aromatic rings. The van der Waals surface area contributed by atoms with E-state index in [-0.39, 0.29) is 16.6 Å². The highest BCUT2D eigenvalue weighted by Gasteiger charge is 2.30. The first-order valence-electron chi connectivity index (χ1n) is 8.76. The molecule has 0 heterocycles. The Morgan fingerprint density at radius 3 is 2.08 bits per heavy atom. The van der Waals surface area contributed by atoms with Crippen molar-refractivity contribution in [3.8, 4) is 0 Å². The minimum atomic E-state index is -0.213. The monoisotopic (exact) mass is 338 g/mol. The third-order valence-electron chi connectivity index (χ3n) is 4.67. The Hall–Kier alpha value is -2.16. The number of hydrogen-bond donors (Lipinski definition) is 1. The molecule has 1 aliphatic carbocycles. The van der Waals surface area contributed by atoms with Crippen LogP contribution in [0.25, 0.3) is 0 Å². The second-order valence-corrected chi connectivity index (χ2v) is 8.92. The van der Waals surface area contributed by atoms with E-state index in [1.54, 1.807) is 13.0 Å². The molecule has 0 atom stereocenters. The second-order valence-electron chi connectivity index (χ2n) is 8.92. The Balaban J connectivity index is 2.69. The minimum Gasteiger partial charge on any atom is -0.397 e. The molecule has 2 rings (SSSR count). The number of rotatable bonds is 1. The van der Waals surface area contributed by atoms with Gasteiger partial charge in [0.15, 0.2) is 5.78 Å². The molecule has 0 spiro atoms. The fourth-order valence-electron chi connectivity index (χ4n) is 2.77. The molecule has 134 valence electrons. The lowest BCUT2D eigenvalue weighted by Gasteiger charge is -2.28. The van der Waals surface area contributed by atoms with E-state index in [4.69, 9.17) is 10.7 Å². The number of nitrogens with zero attached hydrogens (tertiary/aromatic N) is 1. The lowest BCUT2D eigenvalue weighted by Crippen LogP contribution is -2.29. The Labute approximate surface area is 151 Å². The van der Waals surface area contributed by atoms with Gasteiger partial charge in [0, 0.05) is 5.57 Å². The van der Waals surface area contributed by atoms with Gasteiger partial charge < -0.3 is 5.73 Å². The molecule has 3 heteroatoms. The van der Waals surface area contributed by atoms with Crippen LogP contribution >= 0.6 is 0 Å². The van der Waals surface area contributed by atoms with Gasteiger partial charge in [0.05, 0.1) is 17.1 Å². The van der Waals surface area contributed by atoms with Crippen LogP contribution in [-0.4, -0.2) is 11.5 Å². The molecule has 0 radical (unpaired) electrons. The van der Waals surface area contributed by atoms with Gasteiger partial charge >= 0.3 is 0 Å². The predicted octanol–water partition coefficient (Wildman–Crippen LogP) is 5.15. The summed E-state index contributed by atoms with van der Waals surface area (Å²) in [5.41, 5.74) is 12.0. The molecule has 0 amide bonds. The Kier molecular flexibility index (Phi) is 4.82. The van der Waals surface area contributed by atoms with Crippen molar-refractivity contribution in [3.63, 3.8) is 0 Å². The minimum absolute atomic E-state index is 0.0264. The van der Waals surface area contributed by atoms with Crippen molar-refractivity contribution in [1.29, 1.82) is 0 Å². The van der Waals surface area contributed by atoms with E-state index in [2.05, 4.69) is 59.7 Å². The Morgan fingerprint density at radius 1 is 0.960 bits per heavy atom. The molecule has 25 heavy (non-hydrogen) atoms. The van der Waals surface area contributed by atoms with Gasteiger partial charge in [-0.05, 0) is 53.5 Å². The van der Waals surface area contributed by atoms with Crippen molar-refractivity contribution in [3.05, 3.63) is 52.2 Å². The van der Waals surface area contributed by atoms with E-state index in [0.29, 0.717) is 11.3 Å². The zero-order valence-electron chi connectivity index (χ0n) is 16.7. The van der Waals surface area contributed by atoms with E-state index in [0.717, 1.165) is 22.5 Å². The number of nitrogens with two attached hydrogens (primary N) is 1. The largest absolute Gasteiger partial charge is 0.397 e. The first-order valence-corrected chi connectivity index (χ1v) is 8.76. The van der Waals surface area contributed by atoms with Crippen molar-refractivity contribution in [2.75, 3.05) is 0 Å². The summed E-state index contributed by atoms with van der Waals surface area (Å²) in [6.07, 6.45) is 1.69. The van der Waals surface area contributed by atoms with Gasteiger partial charge in [0.2, 0.25) is 0 Å². The summed E-state index contributed by atoms with van der Waals surface area (Å²) in [7, 11) is 0. The van der Waals surface area contributed by atoms with Gasteiger partial charge in [-0.3, -0.25) is 4.79 Å². The maximum absolute atomic E-state index is 12.2. The number of hydrogen-bond acceptors (Lipinski definition) is 3. The standard InChI is InChI=1S/C22H30N2O/c1-13-9-10-15(21(3,4)5)11-17(13)24-20-16(22(6,7)8)12-18(25)14(2)19(20)23/h9-12H,23H2,1-8H3. The quantitative estimate of drug-likeness (QED) is 0.720. The van der Waals surface area contributed by atoms with Crippen molar-refractivity contribution in [2.45, 2.75) is 60.8 Å². The number of carbonyl (C=O) groups excluding carboxylic acids is 1. The van der Waals surface area contributed by atoms with Crippen LogP contribution in [0, 0.1) is 12.3 Å². The SMILES string of the molecule is CC1=C(N)C(=Nc2cc(C(C)(C)C)ccc2C)C(C(C)(C)C)=CC1=O. The molecule has 0 unspecified atom stereocenters. The average Bonchev–Trinajstić information content (AvgIpc) is 2.47. The number of aliphatic imine (C=N–C) groups is 1. The summed E-state index contributed by atoms with van der Waals surface area (Å²) in [5.74, 6) is -0.0264. The normalized spacial score (nSPS) is 18.0. The number of ketones is 1. The van der Waals surface area contributed by atoms with Gasteiger partial charge in [-0.25, -0.2) is 4.99 Å². The van der Waals surface area contributed by atoms with E-state index >= 15 is 0 Å². The summed E-state index contributed by atoms with van der Waals surface area (Å²) in [6.45, 7) is 16.6. The van der Waals surface area contributed by atoms with E-state index in [9.17, 15) is 4.79 Å². The molecule has 1 aliphatic rings. The first kappa shape index (κ1) is 19.2. The smallest absolute Gasteiger partial charge is 0.184 e. The molecular formula is C22H30N2O. The van der Waals surface area contributed by atoms with Gasteiger partial charge in [-0.2, -0.15) is 0 Å². The van der Waals surface area contributed by atoms with Gasteiger partial charge in [0.1, 0.15) is 0 Å². The molecular weight excluding hydrogens is 308 g/mol.